The van der Waals surface area contributed by atoms with Crippen LogP contribution in [0.4, 0.5) is 5.69 Å². The Kier molecular flexibility index (Phi) is 4.84. The molecule has 0 fully saturated rings. The highest BCUT2D eigenvalue weighted by molar-refractivity contribution is 7.80. The molecule has 90 valence electrons. The first-order valence-electron chi connectivity index (χ1n) is 4.94. The average molecular weight is 251 g/mol. The maximum atomic E-state index is 9.89. The van der Waals surface area contributed by atoms with Crippen molar-refractivity contribution in [3.63, 3.8) is 0 Å². The second-order valence-corrected chi connectivity index (χ2v) is 3.89. The minimum Gasteiger partial charge on any atom is -0.389 e. The number of nitrogens with two attached hydrogens (primary N) is 1. The van der Waals surface area contributed by atoms with Gasteiger partial charge < -0.3 is 21.3 Å². The van der Waals surface area contributed by atoms with E-state index in [2.05, 4.69) is 5.32 Å². The minimum atomic E-state index is -1.16. The number of anilines is 1. The van der Waals surface area contributed by atoms with Gasteiger partial charge in [0.05, 0.1) is 18.6 Å². The van der Waals surface area contributed by atoms with Gasteiger partial charge in [-0.25, -0.2) is 0 Å². The lowest BCUT2D eigenvalue weighted by atomic mass is 10.0. The van der Waals surface area contributed by atoms with E-state index in [-0.39, 0.29) is 11.5 Å². The molecule has 1 aromatic rings. The summed E-state index contributed by atoms with van der Waals surface area (Å²) in [6, 6.07) is 8.56. The van der Waals surface area contributed by atoms with Gasteiger partial charge in [-0.1, -0.05) is 18.2 Å². The average Bonchev–Trinajstić information content (AvgIpc) is 2.28. The molecule has 0 saturated carbocycles. The normalized spacial score (nSPS) is 13.5. The summed E-state index contributed by atoms with van der Waals surface area (Å²) in [5.74, 6) is 0. The third-order valence-electron chi connectivity index (χ3n) is 2.20. The van der Waals surface area contributed by atoms with Crippen LogP contribution in [0.2, 0.25) is 0 Å². The number of nitriles is 1. The van der Waals surface area contributed by atoms with Crippen LogP contribution in [0, 0.1) is 11.3 Å². The third kappa shape index (κ3) is 3.67. The van der Waals surface area contributed by atoms with Gasteiger partial charge in [0.2, 0.25) is 0 Å². The lowest BCUT2D eigenvalue weighted by molar-refractivity contribution is 0.0221. The quantitative estimate of drug-likeness (QED) is 0.586. The predicted octanol–water partition coefficient (Wildman–Crippen LogP) is 0.650. The first kappa shape index (κ1) is 13.4. The molecular formula is C11H13N3O2S. The van der Waals surface area contributed by atoms with Gasteiger partial charge in [0.25, 0.3) is 0 Å². The van der Waals surface area contributed by atoms with E-state index in [9.17, 15) is 10.2 Å². The highest BCUT2D eigenvalue weighted by atomic mass is 32.1. The van der Waals surface area contributed by atoms with Crippen molar-refractivity contribution in [1.82, 2.24) is 0 Å². The molecule has 0 aliphatic rings. The molecule has 5 nitrogen and oxygen atoms in total. The van der Waals surface area contributed by atoms with E-state index in [1.54, 1.807) is 30.3 Å². The van der Waals surface area contributed by atoms with Crippen molar-refractivity contribution in [3.05, 3.63) is 29.8 Å². The predicted molar refractivity (Wildman–Crippen MR) is 68.0 cm³/mol. The fraction of sp³-hybridized carbons (Fsp3) is 0.273. The van der Waals surface area contributed by atoms with Gasteiger partial charge in [0, 0.05) is 11.3 Å². The highest BCUT2D eigenvalue weighted by Gasteiger charge is 2.20. The van der Waals surface area contributed by atoms with Crippen LogP contribution >= 0.6 is 12.2 Å². The van der Waals surface area contributed by atoms with E-state index in [0.717, 1.165) is 0 Å². The van der Waals surface area contributed by atoms with Gasteiger partial charge in [-0.2, -0.15) is 5.26 Å². The molecule has 17 heavy (non-hydrogen) atoms. The fourth-order valence-corrected chi connectivity index (χ4v) is 1.52. The van der Waals surface area contributed by atoms with Crippen molar-refractivity contribution in [3.8, 4) is 6.07 Å². The van der Waals surface area contributed by atoms with Crippen LogP contribution in [0.1, 0.15) is 18.1 Å². The third-order valence-corrected chi connectivity index (χ3v) is 2.30. The maximum absolute atomic E-state index is 9.89. The fourth-order valence-electron chi connectivity index (χ4n) is 1.41. The summed E-state index contributed by atoms with van der Waals surface area (Å²) >= 11 is 4.71. The first-order valence-corrected chi connectivity index (χ1v) is 5.35. The van der Waals surface area contributed by atoms with Gasteiger partial charge in [-0.05, 0) is 18.3 Å². The summed E-state index contributed by atoms with van der Waals surface area (Å²) in [7, 11) is 0. The number of aliphatic hydroxyl groups excluding tert-OH is 2. The molecule has 2 atom stereocenters. The smallest absolute Gasteiger partial charge is 0.168 e. The Morgan fingerprint density at radius 3 is 2.71 bits per heavy atom. The van der Waals surface area contributed by atoms with E-state index in [1.165, 1.54) is 0 Å². The minimum absolute atomic E-state index is 0.0689. The van der Waals surface area contributed by atoms with Crippen LogP contribution in [0.5, 0.6) is 0 Å². The van der Waals surface area contributed by atoms with Crippen molar-refractivity contribution in [2.45, 2.75) is 18.6 Å². The van der Waals surface area contributed by atoms with E-state index in [1.807, 2.05) is 0 Å². The van der Waals surface area contributed by atoms with Crippen molar-refractivity contribution < 1.29 is 10.2 Å². The van der Waals surface area contributed by atoms with Crippen molar-refractivity contribution in [1.29, 1.82) is 5.26 Å². The van der Waals surface area contributed by atoms with Crippen LogP contribution < -0.4 is 11.1 Å². The number of para-hydroxylation sites is 1. The van der Waals surface area contributed by atoms with Crippen LogP contribution in [0.15, 0.2) is 24.3 Å². The zero-order valence-corrected chi connectivity index (χ0v) is 9.81. The summed E-state index contributed by atoms with van der Waals surface area (Å²) < 4.78 is 0. The van der Waals surface area contributed by atoms with Crippen LogP contribution in [-0.2, 0) is 0 Å². The molecular weight excluding hydrogens is 238 g/mol. The summed E-state index contributed by atoms with van der Waals surface area (Å²) in [5, 5.41) is 30.7. The molecule has 0 aromatic heterocycles. The second kappa shape index (κ2) is 6.15. The standard InChI is InChI=1S/C11H13N3O2S/c12-6-5-9(15)10(16)7-3-1-2-4-8(7)14-11(13)17/h1-4,9-10,15-16H,5H2,(H3,13,14,17). The van der Waals surface area contributed by atoms with Crippen molar-refractivity contribution in [2.24, 2.45) is 5.73 Å². The summed E-state index contributed by atoms with van der Waals surface area (Å²) in [6.07, 6.45) is -2.45. The molecule has 2 unspecified atom stereocenters. The second-order valence-electron chi connectivity index (χ2n) is 3.45. The van der Waals surface area contributed by atoms with E-state index in [4.69, 9.17) is 23.2 Å². The largest absolute Gasteiger partial charge is 0.389 e. The molecule has 0 bridgehead atoms. The summed E-state index contributed by atoms with van der Waals surface area (Å²) in [6.45, 7) is 0. The number of aliphatic hydroxyl groups is 2. The number of thiocarbonyl (C=S) groups is 1. The van der Waals surface area contributed by atoms with Gasteiger partial charge in [0.15, 0.2) is 5.11 Å². The van der Waals surface area contributed by atoms with Gasteiger partial charge in [-0.3, -0.25) is 0 Å². The lowest BCUT2D eigenvalue weighted by Gasteiger charge is -2.19. The number of hydrogen-bond acceptors (Lipinski definition) is 4. The zero-order chi connectivity index (χ0) is 12.8. The number of benzene rings is 1. The Hall–Kier alpha value is -1.68. The van der Waals surface area contributed by atoms with Gasteiger partial charge in [-0.15, -0.1) is 0 Å². The Morgan fingerprint density at radius 1 is 1.47 bits per heavy atom. The van der Waals surface area contributed by atoms with E-state index >= 15 is 0 Å². The summed E-state index contributed by atoms with van der Waals surface area (Å²) in [4.78, 5) is 0. The zero-order valence-electron chi connectivity index (χ0n) is 9.00. The van der Waals surface area contributed by atoms with Gasteiger partial charge >= 0.3 is 0 Å². The number of hydrogen-bond donors (Lipinski definition) is 4. The van der Waals surface area contributed by atoms with Gasteiger partial charge in [0.1, 0.15) is 6.10 Å². The monoisotopic (exact) mass is 251 g/mol. The Labute approximate surface area is 104 Å². The molecule has 0 saturated heterocycles. The van der Waals surface area contributed by atoms with Crippen LogP contribution in [-0.4, -0.2) is 21.4 Å². The van der Waals surface area contributed by atoms with Crippen LogP contribution in [0.25, 0.3) is 0 Å². The molecule has 1 rings (SSSR count). The molecule has 0 radical (unpaired) electrons. The van der Waals surface area contributed by atoms with Crippen molar-refractivity contribution in [2.75, 3.05) is 5.32 Å². The molecule has 6 heteroatoms. The molecule has 0 spiro atoms. The molecule has 0 aliphatic carbocycles. The highest BCUT2D eigenvalue weighted by Crippen LogP contribution is 2.26. The Morgan fingerprint density at radius 2 is 2.12 bits per heavy atom. The Balaban J connectivity index is 2.96. The molecule has 0 heterocycles. The number of nitrogens with one attached hydrogen (secondary N) is 1. The van der Waals surface area contributed by atoms with E-state index < -0.39 is 12.2 Å². The van der Waals surface area contributed by atoms with E-state index in [0.29, 0.717) is 11.3 Å². The lowest BCUT2D eigenvalue weighted by Crippen LogP contribution is -2.23. The first-order chi connectivity index (χ1) is 8.06. The van der Waals surface area contributed by atoms with Crippen molar-refractivity contribution >= 4 is 23.0 Å². The molecule has 1 aromatic carbocycles. The van der Waals surface area contributed by atoms with Crippen LogP contribution in [0.3, 0.4) is 0 Å². The molecule has 5 N–H and O–H groups in total. The maximum Gasteiger partial charge on any atom is 0.168 e. The molecule has 0 aliphatic heterocycles. The Bertz CT molecular complexity index is 445. The molecule has 0 amide bonds. The summed E-state index contributed by atoms with van der Waals surface area (Å²) in [5.41, 5.74) is 6.32. The number of rotatable bonds is 4. The topological polar surface area (TPSA) is 102 Å². The SMILES string of the molecule is N#CCC(O)C(O)c1ccccc1NC(N)=S. The number of nitrogens with zero attached hydrogens (tertiary/aromatic N) is 1.